The predicted molar refractivity (Wildman–Crippen MR) is 132 cm³/mol. The summed E-state index contributed by atoms with van der Waals surface area (Å²) in [6.07, 6.45) is 0.903. The number of nitrogens with zero attached hydrogens (tertiary/aromatic N) is 1. The number of benzene rings is 4. The van der Waals surface area contributed by atoms with Crippen LogP contribution in [0.25, 0.3) is 0 Å². The number of hydrogen-bond donors (Lipinski definition) is 1. The molecule has 0 heterocycles. The van der Waals surface area contributed by atoms with Crippen molar-refractivity contribution in [1.82, 2.24) is 10.2 Å². The molecule has 0 radical (unpaired) electrons. The van der Waals surface area contributed by atoms with Gasteiger partial charge >= 0.3 is 0 Å². The van der Waals surface area contributed by atoms with E-state index in [1.165, 1.54) is 11.1 Å². The normalized spacial score (nSPS) is 10.0. The van der Waals surface area contributed by atoms with Gasteiger partial charge in [0.05, 0.1) is 0 Å². The van der Waals surface area contributed by atoms with E-state index in [0.717, 1.165) is 30.6 Å². The molecule has 0 saturated heterocycles. The number of rotatable bonds is 9. The van der Waals surface area contributed by atoms with Gasteiger partial charge in [0.1, 0.15) is 0 Å². The van der Waals surface area contributed by atoms with Gasteiger partial charge in [-0.1, -0.05) is 121 Å². The van der Waals surface area contributed by atoms with Gasteiger partial charge in [0.25, 0.3) is 0 Å². The lowest BCUT2D eigenvalue weighted by Gasteiger charge is -2.17. The number of hydrogen-bond acceptors (Lipinski definition) is 2. The predicted octanol–water partition coefficient (Wildman–Crippen LogP) is 5.82. The molecule has 0 saturated carbocycles. The first-order valence-electron chi connectivity index (χ1n) is 10.9. The summed E-state index contributed by atoms with van der Waals surface area (Å²) >= 11 is 0. The van der Waals surface area contributed by atoms with Crippen LogP contribution in [0, 0.1) is 0 Å². The second kappa shape index (κ2) is 13.6. The third-order valence-corrected chi connectivity index (χ3v) is 4.95. The smallest absolute Gasteiger partial charge is 0.210 e. The van der Waals surface area contributed by atoms with E-state index in [4.69, 9.17) is 0 Å². The summed E-state index contributed by atoms with van der Waals surface area (Å²) in [6, 6.07) is 40.9. The van der Waals surface area contributed by atoms with Crippen LogP contribution >= 0.6 is 0 Å². The highest BCUT2D eigenvalue weighted by molar-refractivity contribution is 5.47. The lowest BCUT2D eigenvalue weighted by Crippen LogP contribution is -2.20. The Morgan fingerprint density at radius 1 is 0.500 bits per heavy atom. The molecule has 4 rings (SSSR count). The van der Waals surface area contributed by atoms with Crippen LogP contribution in [0.1, 0.15) is 22.3 Å². The van der Waals surface area contributed by atoms with Crippen LogP contribution < -0.4 is 5.32 Å². The van der Waals surface area contributed by atoms with E-state index in [1.54, 1.807) is 4.90 Å². The van der Waals surface area contributed by atoms with E-state index in [9.17, 15) is 4.79 Å². The van der Waals surface area contributed by atoms with Crippen molar-refractivity contribution in [3.63, 3.8) is 0 Å². The van der Waals surface area contributed by atoms with Crippen molar-refractivity contribution < 1.29 is 4.79 Å². The molecule has 0 fully saturated rings. The van der Waals surface area contributed by atoms with Crippen LogP contribution in [0.5, 0.6) is 0 Å². The van der Waals surface area contributed by atoms with Crippen molar-refractivity contribution in [3.8, 4) is 0 Å². The maximum Gasteiger partial charge on any atom is 0.210 e. The van der Waals surface area contributed by atoms with Gasteiger partial charge < -0.3 is 10.2 Å². The third-order valence-electron chi connectivity index (χ3n) is 4.95. The molecule has 1 amide bonds. The number of nitrogens with one attached hydrogen (secondary N) is 1. The zero-order valence-corrected chi connectivity index (χ0v) is 18.3. The largest absolute Gasteiger partial charge is 0.337 e. The molecule has 3 heteroatoms. The minimum Gasteiger partial charge on any atom is -0.337 e. The molecule has 3 nitrogen and oxygen atoms in total. The molecule has 0 unspecified atom stereocenters. The Labute approximate surface area is 191 Å². The summed E-state index contributed by atoms with van der Waals surface area (Å²) in [7, 11) is 0. The standard InChI is InChI=1S/C15H15NO.C14H15N/c17-13-16(11-14-7-3-1-4-8-14)12-15-9-5-2-6-10-15;1-3-7-13(8-4-1)11-15-12-14-9-5-2-6-10-14/h1-10,13H,11-12H2;1-10,15H,11-12H2. The van der Waals surface area contributed by atoms with Gasteiger partial charge in [-0.15, -0.1) is 0 Å². The fourth-order valence-corrected chi connectivity index (χ4v) is 3.31. The first-order chi connectivity index (χ1) is 15.8. The Hall–Kier alpha value is -3.69. The van der Waals surface area contributed by atoms with Gasteiger partial charge in [0.15, 0.2) is 0 Å². The maximum atomic E-state index is 11.0. The molecule has 4 aromatic carbocycles. The average Bonchev–Trinajstić information content (AvgIpc) is 2.87. The van der Waals surface area contributed by atoms with Crippen molar-refractivity contribution in [3.05, 3.63) is 144 Å². The van der Waals surface area contributed by atoms with Gasteiger partial charge in [-0.25, -0.2) is 0 Å². The molecule has 0 aliphatic carbocycles. The highest BCUT2D eigenvalue weighted by Crippen LogP contribution is 2.08. The average molecular weight is 423 g/mol. The molecule has 0 bridgehead atoms. The summed E-state index contributed by atoms with van der Waals surface area (Å²) < 4.78 is 0. The molecule has 0 aliphatic rings. The fourth-order valence-electron chi connectivity index (χ4n) is 3.31. The SMILES string of the molecule is O=CN(Cc1ccccc1)Cc1ccccc1.c1ccc(CNCc2ccccc2)cc1. The van der Waals surface area contributed by atoms with E-state index >= 15 is 0 Å². The Balaban J connectivity index is 0.000000182. The molecule has 0 atom stereocenters. The summed E-state index contributed by atoms with van der Waals surface area (Å²) in [5, 5.41) is 3.42. The van der Waals surface area contributed by atoms with Crippen LogP contribution in [-0.4, -0.2) is 11.3 Å². The molecule has 1 N–H and O–H groups in total. The minimum absolute atomic E-state index is 0.652. The van der Waals surface area contributed by atoms with E-state index in [2.05, 4.69) is 53.8 Å². The Morgan fingerprint density at radius 2 is 0.812 bits per heavy atom. The van der Waals surface area contributed by atoms with E-state index < -0.39 is 0 Å². The Morgan fingerprint density at radius 3 is 1.12 bits per heavy atom. The molecule has 162 valence electrons. The number of amides is 1. The fraction of sp³-hybridized carbons (Fsp3) is 0.138. The summed E-state index contributed by atoms with van der Waals surface area (Å²) in [6.45, 7) is 3.16. The van der Waals surface area contributed by atoms with Crippen LogP contribution in [-0.2, 0) is 31.0 Å². The third kappa shape index (κ3) is 8.58. The van der Waals surface area contributed by atoms with Crippen LogP contribution in [0.3, 0.4) is 0 Å². The van der Waals surface area contributed by atoms with Gasteiger partial charge in [0, 0.05) is 26.2 Å². The topological polar surface area (TPSA) is 32.3 Å². The van der Waals surface area contributed by atoms with Crippen molar-refractivity contribution in [2.24, 2.45) is 0 Å². The van der Waals surface area contributed by atoms with E-state index in [-0.39, 0.29) is 0 Å². The molecule has 0 aliphatic heterocycles. The highest BCUT2D eigenvalue weighted by atomic mass is 16.1. The molecule has 0 spiro atoms. The number of carbonyl (C=O) groups excluding carboxylic acids is 1. The Kier molecular flexibility index (Phi) is 9.75. The lowest BCUT2D eigenvalue weighted by molar-refractivity contribution is -0.119. The monoisotopic (exact) mass is 422 g/mol. The second-order valence-corrected chi connectivity index (χ2v) is 7.56. The lowest BCUT2D eigenvalue weighted by atomic mass is 10.2. The van der Waals surface area contributed by atoms with Crippen molar-refractivity contribution in [1.29, 1.82) is 0 Å². The van der Waals surface area contributed by atoms with Gasteiger partial charge in [-0.3, -0.25) is 4.79 Å². The van der Waals surface area contributed by atoms with Gasteiger partial charge in [-0.2, -0.15) is 0 Å². The van der Waals surface area contributed by atoms with E-state index in [1.807, 2.05) is 72.8 Å². The van der Waals surface area contributed by atoms with Crippen molar-refractivity contribution in [2.75, 3.05) is 0 Å². The van der Waals surface area contributed by atoms with Crippen LogP contribution in [0.2, 0.25) is 0 Å². The first kappa shape index (κ1) is 23.0. The Bertz CT molecular complexity index is 925. The zero-order valence-electron chi connectivity index (χ0n) is 18.3. The summed E-state index contributed by atoms with van der Waals surface area (Å²) in [5.74, 6) is 0. The summed E-state index contributed by atoms with van der Waals surface area (Å²) in [4.78, 5) is 12.8. The van der Waals surface area contributed by atoms with Gasteiger partial charge in [-0.05, 0) is 22.3 Å². The van der Waals surface area contributed by atoms with Crippen molar-refractivity contribution in [2.45, 2.75) is 26.2 Å². The molecule has 32 heavy (non-hydrogen) atoms. The second-order valence-electron chi connectivity index (χ2n) is 7.56. The summed E-state index contributed by atoms with van der Waals surface area (Å²) in [5.41, 5.74) is 4.95. The first-order valence-corrected chi connectivity index (χ1v) is 10.9. The molecular weight excluding hydrogens is 392 g/mol. The molecular formula is C29H30N2O. The van der Waals surface area contributed by atoms with Crippen molar-refractivity contribution >= 4 is 6.41 Å². The highest BCUT2D eigenvalue weighted by Gasteiger charge is 2.03. The molecule has 4 aromatic rings. The van der Waals surface area contributed by atoms with Gasteiger partial charge in [0.2, 0.25) is 6.41 Å². The zero-order chi connectivity index (χ0) is 22.3. The maximum absolute atomic E-state index is 11.0. The van der Waals surface area contributed by atoms with E-state index in [0.29, 0.717) is 13.1 Å². The van der Waals surface area contributed by atoms with Crippen LogP contribution in [0.15, 0.2) is 121 Å². The number of carbonyl (C=O) groups is 1. The minimum atomic E-state index is 0.652. The quantitative estimate of drug-likeness (QED) is 0.345. The van der Waals surface area contributed by atoms with Crippen LogP contribution in [0.4, 0.5) is 0 Å². The molecule has 0 aromatic heterocycles.